The van der Waals surface area contributed by atoms with Gasteiger partial charge in [0.1, 0.15) is 5.75 Å². The van der Waals surface area contributed by atoms with E-state index in [0.717, 1.165) is 60.8 Å². The SMILES string of the molecule is CCC=CC(c1ccc(C(=O)OC)cc1OC)c1c[nH]c2ccc(CC3CCN(CCC)C3=O)cc12. The van der Waals surface area contributed by atoms with Crippen molar-refractivity contribution < 1.29 is 19.1 Å². The molecule has 3 aromatic rings. The van der Waals surface area contributed by atoms with E-state index < -0.39 is 5.97 Å². The Morgan fingerprint density at radius 3 is 2.72 bits per heavy atom. The van der Waals surface area contributed by atoms with E-state index in [2.05, 4.69) is 55.4 Å². The van der Waals surface area contributed by atoms with Crippen molar-refractivity contribution in [2.24, 2.45) is 5.92 Å². The summed E-state index contributed by atoms with van der Waals surface area (Å²) in [5.74, 6) is 0.519. The molecule has 6 nitrogen and oxygen atoms in total. The van der Waals surface area contributed by atoms with E-state index in [1.54, 1.807) is 19.2 Å². The number of benzene rings is 2. The molecule has 2 heterocycles. The van der Waals surface area contributed by atoms with E-state index >= 15 is 0 Å². The molecule has 0 bridgehead atoms. The van der Waals surface area contributed by atoms with E-state index in [-0.39, 0.29) is 17.7 Å². The van der Waals surface area contributed by atoms with Crippen LogP contribution in [-0.4, -0.2) is 49.1 Å². The molecule has 1 fully saturated rings. The molecular weight excluding hydrogens is 452 g/mol. The number of fused-ring (bicyclic) bond motifs is 1. The van der Waals surface area contributed by atoms with Crippen LogP contribution in [0.2, 0.25) is 0 Å². The first-order valence-electron chi connectivity index (χ1n) is 12.8. The lowest BCUT2D eigenvalue weighted by atomic mass is 9.88. The van der Waals surface area contributed by atoms with Gasteiger partial charge in [-0.05, 0) is 61.1 Å². The molecule has 1 N–H and O–H groups in total. The molecule has 0 radical (unpaired) electrons. The van der Waals surface area contributed by atoms with Gasteiger partial charge in [0.05, 0.1) is 19.8 Å². The number of carbonyl (C=O) groups excluding carboxylic acids is 2. The van der Waals surface area contributed by atoms with Crippen molar-refractivity contribution in [3.63, 3.8) is 0 Å². The monoisotopic (exact) mass is 488 g/mol. The summed E-state index contributed by atoms with van der Waals surface area (Å²) in [6.45, 7) is 5.93. The lowest BCUT2D eigenvalue weighted by Crippen LogP contribution is -2.28. The Labute approximate surface area is 213 Å². The quantitative estimate of drug-likeness (QED) is 0.287. The van der Waals surface area contributed by atoms with Gasteiger partial charge in [0.25, 0.3) is 0 Å². The number of esters is 1. The number of aromatic amines is 1. The summed E-state index contributed by atoms with van der Waals surface area (Å²) in [6, 6.07) is 11.9. The molecule has 0 aliphatic carbocycles. The summed E-state index contributed by atoms with van der Waals surface area (Å²) in [4.78, 5) is 30.3. The first-order valence-corrected chi connectivity index (χ1v) is 12.8. The maximum absolute atomic E-state index is 12.8. The highest BCUT2D eigenvalue weighted by Crippen LogP contribution is 2.38. The summed E-state index contributed by atoms with van der Waals surface area (Å²) in [5, 5.41) is 1.13. The van der Waals surface area contributed by atoms with Crippen LogP contribution in [0.3, 0.4) is 0 Å². The van der Waals surface area contributed by atoms with Crippen LogP contribution in [0.5, 0.6) is 5.75 Å². The fourth-order valence-corrected chi connectivity index (χ4v) is 5.20. The van der Waals surface area contributed by atoms with E-state index in [1.807, 2.05) is 11.0 Å². The largest absolute Gasteiger partial charge is 0.496 e. The van der Waals surface area contributed by atoms with Crippen molar-refractivity contribution in [1.29, 1.82) is 0 Å². The van der Waals surface area contributed by atoms with Crippen LogP contribution in [0.15, 0.2) is 54.7 Å². The maximum Gasteiger partial charge on any atom is 0.337 e. The van der Waals surface area contributed by atoms with Gasteiger partial charge in [-0.3, -0.25) is 4.79 Å². The van der Waals surface area contributed by atoms with Crippen LogP contribution in [0.1, 0.15) is 66.1 Å². The number of amides is 1. The van der Waals surface area contributed by atoms with E-state index in [4.69, 9.17) is 9.47 Å². The molecule has 4 rings (SSSR count). The number of ether oxygens (including phenoxy) is 2. The number of hydrogen-bond donors (Lipinski definition) is 1. The van der Waals surface area contributed by atoms with Crippen LogP contribution < -0.4 is 4.74 Å². The Morgan fingerprint density at radius 1 is 1.17 bits per heavy atom. The molecule has 1 aromatic heterocycles. The van der Waals surface area contributed by atoms with Crippen molar-refractivity contribution in [3.05, 3.63) is 77.0 Å². The lowest BCUT2D eigenvalue weighted by molar-refractivity contribution is -0.130. The van der Waals surface area contributed by atoms with Crippen LogP contribution in [0.4, 0.5) is 0 Å². The van der Waals surface area contributed by atoms with Crippen molar-refractivity contribution in [3.8, 4) is 5.75 Å². The molecule has 2 atom stereocenters. The molecule has 1 saturated heterocycles. The van der Waals surface area contributed by atoms with E-state index in [9.17, 15) is 9.59 Å². The van der Waals surface area contributed by atoms with Crippen LogP contribution in [0.25, 0.3) is 10.9 Å². The number of nitrogens with zero attached hydrogens (tertiary/aromatic N) is 1. The molecule has 0 saturated carbocycles. The van der Waals surface area contributed by atoms with Crippen molar-refractivity contribution in [2.75, 3.05) is 27.3 Å². The Morgan fingerprint density at radius 2 is 2.00 bits per heavy atom. The zero-order valence-corrected chi connectivity index (χ0v) is 21.7. The van der Waals surface area contributed by atoms with Crippen molar-refractivity contribution in [1.82, 2.24) is 9.88 Å². The zero-order valence-electron chi connectivity index (χ0n) is 21.7. The number of carbonyl (C=O) groups is 2. The number of hydrogen-bond acceptors (Lipinski definition) is 4. The average Bonchev–Trinajstić information content (AvgIpc) is 3.47. The number of rotatable bonds is 10. The summed E-state index contributed by atoms with van der Waals surface area (Å²) in [7, 11) is 2.99. The molecular formula is C30H36N2O4. The number of aromatic nitrogens is 1. The van der Waals surface area contributed by atoms with Gasteiger partial charge < -0.3 is 19.4 Å². The minimum atomic E-state index is -0.392. The third-order valence-electron chi connectivity index (χ3n) is 7.05. The van der Waals surface area contributed by atoms with Gasteiger partial charge in [-0.2, -0.15) is 0 Å². The molecule has 6 heteroatoms. The number of nitrogens with one attached hydrogen (secondary N) is 1. The van der Waals surface area contributed by atoms with Crippen LogP contribution in [0, 0.1) is 5.92 Å². The normalized spacial score (nSPS) is 16.7. The second kappa shape index (κ2) is 11.5. The lowest BCUT2D eigenvalue weighted by Gasteiger charge is -2.18. The standard InChI is InChI=1S/C30H36N2O4/c1-5-7-8-23(24-11-10-22(30(34)36-4)18-28(24)35-3)26-19-31-27-12-9-20(17-25(26)27)16-21-13-15-32(14-6-2)29(21)33/h7-12,17-19,21,23,31H,5-6,13-16H2,1-4H3. The summed E-state index contributed by atoms with van der Waals surface area (Å²) < 4.78 is 10.6. The van der Waals surface area contributed by atoms with Gasteiger partial charge in [-0.25, -0.2) is 4.79 Å². The summed E-state index contributed by atoms with van der Waals surface area (Å²) >= 11 is 0. The maximum atomic E-state index is 12.8. The Bertz CT molecular complexity index is 1260. The van der Waals surface area contributed by atoms with Gasteiger partial charge in [0.15, 0.2) is 0 Å². The zero-order chi connectivity index (χ0) is 25.7. The fourth-order valence-electron chi connectivity index (χ4n) is 5.20. The second-order valence-corrected chi connectivity index (χ2v) is 9.40. The van der Waals surface area contributed by atoms with E-state index in [0.29, 0.717) is 11.3 Å². The fraction of sp³-hybridized carbons (Fsp3) is 0.400. The third kappa shape index (κ3) is 5.18. The van der Waals surface area contributed by atoms with Crippen molar-refractivity contribution in [2.45, 2.75) is 45.4 Å². The van der Waals surface area contributed by atoms with Crippen LogP contribution >= 0.6 is 0 Å². The van der Waals surface area contributed by atoms with E-state index in [1.165, 1.54) is 12.7 Å². The predicted molar refractivity (Wildman–Crippen MR) is 143 cm³/mol. The number of H-pyrrole nitrogens is 1. The van der Waals surface area contributed by atoms with Gasteiger partial charge in [0.2, 0.25) is 5.91 Å². The first kappa shape index (κ1) is 25.5. The molecule has 1 aliphatic rings. The summed E-state index contributed by atoms with van der Waals surface area (Å²) in [5.41, 5.74) is 4.79. The Kier molecular flexibility index (Phi) is 8.14. The average molecular weight is 489 g/mol. The summed E-state index contributed by atoms with van der Waals surface area (Å²) in [6.07, 6.45) is 9.97. The predicted octanol–water partition coefficient (Wildman–Crippen LogP) is 5.86. The molecule has 1 amide bonds. The molecule has 1 aliphatic heterocycles. The smallest absolute Gasteiger partial charge is 0.337 e. The first-order chi connectivity index (χ1) is 17.5. The van der Waals surface area contributed by atoms with Crippen LogP contribution in [-0.2, 0) is 16.0 Å². The Hall–Kier alpha value is -3.54. The topological polar surface area (TPSA) is 71.6 Å². The molecule has 0 spiro atoms. The third-order valence-corrected chi connectivity index (χ3v) is 7.05. The minimum absolute atomic E-state index is 0.0538. The molecule has 2 unspecified atom stereocenters. The van der Waals surface area contributed by atoms with Gasteiger partial charge in [-0.1, -0.05) is 38.1 Å². The van der Waals surface area contributed by atoms with Gasteiger partial charge in [-0.15, -0.1) is 0 Å². The second-order valence-electron chi connectivity index (χ2n) is 9.40. The number of allylic oxidation sites excluding steroid dienone is 2. The molecule has 2 aromatic carbocycles. The number of likely N-dealkylation sites (tertiary alicyclic amines) is 1. The Balaban J connectivity index is 1.70. The van der Waals surface area contributed by atoms with Gasteiger partial charge in [0, 0.05) is 47.6 Å². The molecule has 190 valence electrons. The minimum Gasteiger partial charge on any atom is -0.496 e. The number of methoxy groups -OCH3 is 2. The highest BCUT2D eigenvalue weighted by molar-refractivity contribution is 5.90. The highest BCUT2D eigenvalue weighted by atomic mass is 16.5. The van der Waals surface area contributed by atoms with Crippen molar-refractivity contribution >= 4 is 22.8 Å². The molecule has 36 heavy (non-hydrogen) atoms. The highest BCUT2D eigenvalue weighted by Gasteiger charge is 2.31. The van der Waals surface area contributed by atoms with Gasteiger partial charge >= 0.3 is 5.97 Å².